The summed E-state index contributed by atoms with van der Waals surface area (Å²) in [4.78, 5) is 11.6. The molecule has 0 bridgehead atoms. The van der Waals surface area contributed by atoms with Crippen LogP contribution in [0, 0.1) is 0 Å². The average molecular weight is 284 g/mol. The molecule has 0 aliphatic carbocycles. The number of benzene rings is 1. The van der Waals surface area contributed by atoms with Gasteiger partial charge in [-0.1, -0.05) is 20.8 Å². The summed E-state index contributed by atoms with van der Waals surface area (Å²) in [5, 5.41) is 8.85. The number of methoxy groups -OCH3 is 1. The van der Waals surface area contributed by atoms with E-state index < -0.39 is 12.5 Å². The lowest BCUT2D eigenvalue weighted by Crippen LogP contribution is -2.16. The zero-order valence-corrected chi connectivity index (χ0v) is 12.3. The Bertz CT molecular complexity index is 477. The number of alkyl halides is 1. The van der Waals surface area contributed by atoms with Crippen LogP contribution >= 0.6 is 0 Å². The van der Waals surface area contributed by atoms with Crippen molar-refractivity contribution in [2.24, 2.45) is 0 Å². The number of ether oxygens (including phenoxy) is 2. The Balaban J connectivity index is 3.43. The van der Waals surface area contributed by atoms with Crippen LogP contribution < -0.4 is 9.47 Å². The van der Waals surface area contributed by atoms with E-state index in [1.165, 1.54) is 13.2 Å². The molecule has 0 aliphatic rings. The van der Waals surface area contributed by atoms with Crippen molar-refractivity contribution in [3.63, 3.8) is 0 Å². The lowest BCUT2D eigenvalue weighted by molar-refractivity contribution is 0.0958. The van der Waals surface area contributed by atoms with Crippen molar-refractivity contribution in [1.29, 1.82) is 0 Å². The highest BCUT2D eigenvalue weighted by Gasteiger charge is 2.24. The fourth-order valence-corrected chi connectivity index (χ4v) is 1.87. The minimum atomic E-state index is -1.06. The molecule has 1 N–H and O–H groups in total. The molecule has 0 saturated heterocycles. The number of carbonyl (C=O) groups excluding carboxylic acids is 1. The molecule has 4 nitrogen and oxygen atoms in total. The predicted octanol–water partition coefficient (Wildman–Crippen LogP) is 2.52. The Morgan fingerprint density at radius 1 is 1.35 bits per heavy atom. The Kier molecular flexibility index (Phi) is 5.51. The molecular formula is C15H21FO4. The van der Waals surface area contributed by atoms with Crippen molar-refractivity contribution in [2.75, 3.05) is 27.0 Å². The molecule has 0 aliphatic heterocycles. The first-order valence-electron chi connectivity index (χ1n) is 6.40. The van der Waals surface area contributed by atoms with Gasteiger partial charge < -0.3 is 14.6 Å². The number of aliphatic hydroxyl groups excluding tert-OH is 1. The second kappa shape index (κ2) is 6.70. The first kappa shape index (κ1) is 16.4. The molecule has 0 fully saturated rings. The summed E-state index contributed by atoms with van der Waals surface area (Å²) in [7, 11) is 1.51. The lowest BCUT2D eigenvalue weighted by atomic mass is 9.84. The molecule has 20 heavy (non-hydrogen) atoms. The van der Waals surface area contributed by atoms with E-state index in [9.17, 15) is 9.18 Å². The number of aliphatic hydroxyl groups is 1. The summed E-state index contributed by atoms with van der Waals surface area (Å²) in [6.45, 7) is 4.75. The van der Waals surface area contributed by atoms with Gasteiger partial charge >= 0.3 is 0 Å². The second-order valence-electron chi connectivity index (χ2n) is 5.43. The molecule has 0 amide bonds. The molecule has 0 spiro atoms. The quantitative estimate of drug-likeness (QED) is 0.816. The number of ketones is 1. The maximum absolute atomic E-state index is 12.6. The van der Waals surface area contributed by atoms with E-state index in [0.717, 1.165) is 5.56 Å². The van der Waals surface area contributed by atoms with Crippen LogP contribution in [-0.4, -0.2) is 37.9 Å². The van der Waals surface area contributed by atoms with Gasteiger partial charge in [-0.2, -0.15) is 0 Å². The summed E-state index contributed by atoms with van der Waals surface area (Å²) in [6, 6.07) is 3.08. The fourth-order valence-electron chi connectivity index (χ4n) is 1.87. The van der Waals surface area contributed by atoms with Crippen LogP contribution in [0.5, 0.6) is 11.5 Å². The summed E-state index contributed by atoms with van der Waals surface area (Å²) < 4.78 is 23.4. The standard InChI is InChI=1S/C15H21FO4/c1-15(2,3)11-7-10(12(18)9-16)8-13(14(11)19-4)20-6-5-17/h7-8,17H,5-6,9H2,1-4H3. The van der Waals surface area contributed by atoms with Gasteiger partial charge in [0.15, 0.2) is 24.0 Å². The third-order valence-electron chi connectivity index (χ3n) is 2.86. The topological polar surface area (TPSA) is 55.8 Å². The van der Waals surface area contributed by atoms with Crippen LogP contribution in [0.4, 0.5) is 4.39 Å². The molecular weight excluding hydrogens is 263 g/mol. The number of Topliss-reactive ketones (excluding diaryl/α,β-unsaturated/α-hetero) is 1. The van der Waals surface area contributed by atoms with Crippen LogP contribution in [0.15, 0.2) is 12.1 Å². The van der Waals surface area contributed by atoms with Crippen molar-refractivity contribution < 1.29 is 23.8 Å². The molecule has 1 aromatic carbocycles. The number of hydrogen-bond donors (Lipinski definition) is 1. The van der Waals surface area contributed by atoms with Crippen molar-refractivity contribution in [3.05, 3.63) is 23.3 Å². The van der Waals surface area contributed by atoms with E-state index in [0.29, 0.717) is 11.5 Å². The molecule has 1 aromatic rings. The molecule has 0 saturated carbocycles. The Morgan fingerprint density at radius 3 is 2.45 bits per heavy atom. The predicted molar refractivity (Wildman–Crippen MR) is 74.6 cm³/mol. The van der Waals surface area contributed by atoms with Crippen LogP contribution in [0.25, 0.3) is 0 Å². The monoisotopic (exact) mass is 284 g/mol. The van der Waals surface area contributed by atoms with E-state index >= 15 is 0 Å². The number of carbonyl (C=O) groups is 1. The SMILES string of the molecule is COc1c(OCCO)cc(C(=O)CF)cc1C(C)(C)C. The van der Waals surface area contributed by atoms with Gasteiger partial charge in [0.2, 0.25) is 0 Å². The zero-order chi connectivity index (χ0) is 15.3. The molecule has 0 heterocycles. The highest BCUT2D eigenvalue weighted by molar-refractivity contribution is 5.98. The second-order valence-corrected chi connectivity index (χ2v) is 5.43. The van der Waals surface area contributed by atoms with Crippen LogP contribution in [0.3, 0.4) is 0 Å². The maximum atomic E-state index is 12.6. The van der Waals surface area contributed by atoms with E-state index in [-0.39, 0.29) is 24.2 Å². The van der Waals surface area contributed by atoms with Crippen molar-refractivity contribution in [2.45, 2.75) is 26.2 Å². The Hall–Kier alpha value is -1.62. The van der Waals surface area contributed by atoms with Crippen LogP contribution in [0.2, 0.25) is 0 Å². The number of hydrogen-bond acceptors (Lipinski definition) is 4. The van der Waals surface area contributed by atoms with Crippen molar-refractivity contribution in [1.82, 2.24) is 0 Å². The smallest absolute Gasteiger partial charge is 0.193 e. The first-order valence-corrected chi connectivity index (χ1v) is 6.40. The van der Waals surface area contributed by atoms with Crippen molar-refractivity contribution in [3.8, 4) is 11.5 Å². The molecule has 0 aromatic heterocycles. The van der Waals surface area contributed by atoms with Gasteiger partial charge in [0.1, 0.15) is 6.61 Å². The summed E-state index contributed by atoms with van der Waals surface area (Å²) in [5.41, 5.74) is 0.702. The normalized spacial score (nSPS) is 11.3. The minimum Gasteiger partial charge on any atom is -0.493 e. The molecule has 5 heteroatoms. The van der Waals surface area contributed by atoms with Gasteiger partial charge in [0, 0.05) is 11.1 Å². The Morgan fingerprint density at radius 2 is 2.00 bits per heavy atom. The summed E-state index contributed by atoms with van der Waals surface area (Å²) in [5.74, 6) is 0.235. The minimum absolute atomic E-state index is 0.0766. The van der Waals surface area contributed by atoms with Gasteiger partial charge in [-0.25, -0.2) is 4.39 Å². The fraction of sp³-hybridized carbons (Fsp3) is 0.533. The van der Waals surface area contributed by atoms with Gasteiger partial charge in [0.05, 0.1) is 13.7 Å². The average Bonchev–Trinajstić information content (AvgIpc) is 2.41. The molecule has 0 atom stereocenters. The third-order valence-corrected chi connectivity index (χ3v) is 2.86. The first-order chi connectivity index (χ1) is 9.35. The zero-order valence-electron chi connectivity index (χ0n) is 12.3. The van der Waals surface area contributed by atoms with Gasteiger partial charge in [-0.3, -0.25) is 4.79 Å². The molecule has 112 valence electrons. The number of halogens is 1. The highest BCUT2D eigenvalue weighted by atomic mass is 19.1. The number of rotatable bonds is 6. The summed E-state index contributed by atoms with van der Waals surface area (Å²) >= 11 is 0. The van der Waals surface area contributed by atoms with Gasteiger partial charge in [-0.15, -0.1) is 0 Å². The summed E-state index contributed by atoms with van der Waals surface area (Å²) in [6.07, 6.45) is 0. The van der Waals surface area contributed by atoms with Gasteiger partial charge in [0.25, 0.3) is 0 Å². The molecule has 1 rings (SSSR count). The molecule has 0 unspecified atom stereocenters. The third kappa shape index (κ3) is 3.70. The van der Waals surface area contributed by atoms with Gasteiger partial charge in [-0.05, 0) is 17.5 Å². The van der Waals surface area contributed by atoms with E-state index in [1.807, 2.05) is 20.8 Å². The van der Waals surface area contributed by atoms with E-state index in [4.69, 9.17) is 14.6 Å². The molecule has 0 radical (unpaired) electrons. The lowest BCUT2D eigenvalue weighted by Gasteiger charge is -2.24. The van der Waals surface area contributed by atoms with Crippen LogP contribution in [0.1, 0.15) is 36.7 Å². The van der Waals surface area contributed by atoms with E-state index in [2.05, 4.69) is 0 Å². The van der Waals surface area contributed by atoms with Crippen molar-refractivity contribution >= 4 is 5.78 Å². The Labute approximate surface area is 118 Å². The maximum Gasteiger partial charge on any atom is 0.193 e. The van der Waals surface area contributed by atoms with Crippen LogP contribution in [-0.2, 0) is 5.41 Å². The highest BCUT2D eigenvalue weighted by Crippen LogP contribution is 2.39. The largest absolute Gasteiger partial charge is 0.493 e. The van der Waals surface area contributed by atoms with E-state index in [1.54, 1.807) is 6.07 Å².